The molecule has 0 atom stereocenters. The molecule has 8 rings (SSSR count). The zero-order chi connectivity index (χ0) is 37.5. The molecule has 0 fully saturated rings. The third-order valence-corrected chi connectivity index (χ3v) is 9.48. The van der Waals surface area contributed by atoms with E-state index in [1.165, 1.54) is 6.07 Å². The van der Waals surface area contributed by atoms with Gasteiger partial charge < -0.3 is 31.0 Å². The molecule has 264 valence electrons. The standard InChI is InChI=1S/C43H30ClN5O5/c1-23-2-10-31-36(18-23)54-37-21-29(45)9-12-32(37)38(31)30-11-7-28(19-33(30)43(52)53)42(51)47-22-24-3-5-26(6-4-24)41-48-39(25-14-16-46-17-15-25)40(49-41)27-8-13-34(44)35(50)20-27/h2-21,50H,1,22,45H2,(H,47,51)(H,48,49)(H,52,53). The lowest BCUT2D eigenvalue weighted by molar-refractivity contribution is 0.0696. The van der Waals surface area contributed by atoms with Crippen molar-refractivity contribution in [2.75, 3.05) is 5.73 Å². The Bertz CT molecular complexity index is 2750. The molecule has 7 aromatic rings. The number of nitrogen functional groups attached to an aromatic ring is 1. The monoisotopic (exact) mass is 731 g/mol. The molecule has 1 aliphatic rings. The Hall–Kier alpha value is -7.17. The number of phenolic OH excluding ortho intramolecular Hbond substituents is 1. The van der Waals surface area contributed by atoms with Gasteiger partial charge in [-0.2, -0.15) is 0 Å². The van der Waals surface area contributed by atoms with Crippen molar-refractivity contribution in [3.63, 3.8) is 0 Å². The van der Waals surface area contributed by atoms with Gasteiger partial charge in [-0.15, -0.1) is 0 Å². The minimum absolute atomic E-state index is 0.0332. The van der Waals surface area contributed by atoms with Gasteiger partial charge in [0.2, 0.25) is 0 Å². The number of aromatic nitrogens is 3. The van der Waals surface area contributed by atoms with Crippen molar-refractivity contribution < 1.29 is 24.5 Å². The average Bonchev–Trinajstić information content (AvgIpc) is 3.63. The van der Waals surface area contributed by atoms with E-state index in [2.05, 4.69) is 21.9 Å². The van der Waals surface area contributed by atoms with Crippen LogP contribution in [0.4, 0.5) is 5.69 Å². The molecule has 0 spiro atoms. The molecule has 1 amide bonds. The van der Waals surface area contributed by atoms with Crippen LogP contribution in [0.5, 0.6) is 17.2 Å². The first-order valence-corrected chi connectivity index (χ1v) is 17.2. The van der Waals surface area contributed by atoms with Crippen molar-refractivity contribution in [1.82, 2.24) is 20.3 Å². The summed E-state index contributed by atoms with van der Waals surface area (Å²) in [4.78, 5) is 38.5. The number of nitrogens with one attached hydrogen (secondary N) is 2. The maximum Gasteiger partial charge on any atom is 0.336 e. The van der Waals surface area contributed by atoms with Crippen molar-refractivity contribution in [2.24, 2.45) is 0 Å². The largest absolute Gasteiger partial charge is 0.506 e. The molecule has 0 aliphatic carbocycles. The number of carboxylic acids is 1. The zero-order valence-corrected chi connectivity index (χ0v) is 29.2. The van der Waals surface area contributed by atoms with Crippen molar-refractivity contribution in [2.45, 2.75) is 6.54 Å². The van der Waals surface area contributed by atoms with E-state index < -0.39 is 11.9 Å². The van der Waals surface area contributed by atoms with Gasteiger partial charge >= 0.3 is 5.97 Å². The third-order valence-electron chi connectivity index (χ3n) is 9.16. The summed E-state index contributed by atoms with van der Waals surface area (Å²) in [5.41, 5.74) is 13.0. The number of benzene rings is 5. The number of hydrogen-bond donors (Lipinski definition) is 5. The lowest BCUT2D eigenvalue weighted by atomic mass is 9.88. The number of carbonyl (C=O) groups is 2. The van der Waals surface area contributed by atoms with E-state index in [9.17, 15) is 19.8 Å². The Morgan fingerprint density at radius 2 is 1.59 bits per heavy atom. The molecule has 6 N–H and O–H groups in total. The number of fused-ring (bicyclic) bond motifs is 2. The molecule has 0 bridgehead atoms. The molecule has 5 aromatic carbocycles. The first kappa shape index (κ1) is 33.9. The second-order valence-electron chi connectivity index (χ2n) is 12.7. The van der Waals surface area contributed by atoms with Gasteiger partial charge in [-0.05, 0) is 70.9 Å². The number of carbonyl (C=O) groups excluding carboxylic acids is 1. The van der Waals surface area contributed by atoms with Crippen molar-refractivity contribution in [3.05, 3.63) is 165 Å². The first-order chi connectivity index (χ1) is 26.1. The highest BCUT2D eigenvalue weighted by Crippen LogP contribution is 2.39. The molecule has 3 heterocycles. The second kappa shape index (κ2) is 13.8. The van der Waals surface area contributed by atoms with E-state index in [-0.39, 0.29) is 28.4 Å². The number of nitrogens with two attached hydrogens (primary N) is 1. The molecule has 2 aromatic heterocycles. The summed E-state index contributed by atoms with van der Waals surface area (Å²) in [6, 6.07) is 31.6. The van der Waals surface area contributed by atoms with Gasteiger partial charge in [-0.1, -0.05) is 66.7 Å². The normalized spacial score (nSPS) is 11.7. The summed E-state index contributed by atoms with van der Waals surface area (Å²) in [5, 5.41) is 25.2. The summed E-state index contributed by atoms with van der Waals surface area (Å²) in [6.45, 7) is 4.19. The maximum atomic E-state index is 13.4. The molecule has 0 unspecified atom stereocenters. The third kappa shape index (κ3) is 6.42. The van der Waals surface area contributed by atoms with Crippen LogP contribution in [-0.2, 0) is 6.54 Å². The Kier molecular flexibility index (Phi) is 8.65. The number of nitrogens with zero attached hydrogens (tertiary/aromatic N) is 2. The number of pyridine rings is 1. The van der Waals surface area contributed by atoms with Crippen LogP contribution in [0.15, 0.2) is 122 Å². The topological polar surface area (TPSA) is 163 Å². The number of aromatic carboxylic acids is 1. The minimum atomic E-state index is -1.18. The van der Waals surface area contributed by atoms with Crippen LogP contribution in [-0.4, -0.2) is 37.0 Å². The Balaban J connectivity index is 1.05. The Labute approximate surface area is 313 Å². The van der Waals surface area contributed by atoms with Crippen LogP contribution in [0.2, 0.25) is 5.02 Å². The number of halogens is 1. The lowest BCUT2D eigenvalue weighted by Crippen LogP contribution is -2.24. The number of anilines is 1. The molecule has 54 heavy (non-hydrogen) atoms. The SMILES string of the molecule is C=c1ccc2c(c1)Oc1cc(N)ccc1C=2c1ccc(C(=O)NCc2ccc(-c3nc(-c4ccc(Cl)c(O)c4)c(-c4ccncc4)[nH]3)cc2)cc1C(=O)O. The number of amides is 1. The molecular formula is C43H30ClN5O5. The van der Waals surface area contributed by atoms with Gasteiger partial charge in [0.05, 0.1) is 22.0 Å². The molecule has 11 heteroatoms. The summed E-state index contributed by atoms with van der Waals surface area (Å²) in [6.07, 6.45) is 3.38. The predicted octanol–water partition coefficient (Wildman–Crippen LogP) is 7.14. The van der Waals surface area contributed by atoms with E-state index in [1.54, 1.807) is 67.0 Å². The Morgan fingerprint density at radius 3 is 2.35 bits per heavy atom. The van der Waals surface area contributed by atoms with E-state index in [1.807, 2.05) is 48.5 Å². The number of phenols is 1. The van der Waals surface area contributed by atoms with E-state index in [0.717, 1.165) is 27.6 Å². The highest BCUT2D eigenvalue weighted by Gasteiger charge is 2.25. The highest BCUT2D eigenvalue weighted by molar-refractivity contribution is 6.32. The maximum absolute atomic E-state index is 13.4. The summed E-state index contributed by atoms with van der Waals surface area (Å²) < 4.78 is 6.14. The molecule has 0 saturated heterocycles. The fourth-order valence-corrected chi connectivity index (χ4v) is 6.61. The molecule has 1 aliphatic heterocycles. The zero-order valence-electron chi connectivity index (χ0n) is 28.4. The van der Waals surface area contributed by atoms with Crippen LogP contribution >= 0.6 is 11.6 Å². The van der Waals surface area contributed by atoms with Crippen LogP contribution in [0, 0.1) is 0 Å². The number of hydrogen-bond acceptors (Lipinski definition) is 7. The van der Waals surface area contributed by atoms with Crippen LogP contribution < -0.4 is 26.2 Å². The van der Waals surface area contributed by atoms with E-state index in [0.29, 0.717) is 56.2 Å². The number of aromatic hydroxyl groups is 1. The number of H-pyrrole nitrogens is 1. The van der Waals surface area contributed by atoms with Crippen LogP contribution in [0.3, 0.4) is 0 Å². The molecule has 0 saturated carbocycles. The van der Waals surface area contributed by atoms with Crippen molar-refractivity contribution in [3.8, 4) is 51.2 Å². The van der Waals surface area contributed by atoms with Gasteiger partial charge in [-0.3, -0.25) is 9.78 Å². The lowest BCUT2D eigenvalue weighted by Gasteiger charge is -2.22. The summed E-state index contributed by atoms with van der Waals surface area (Å²) in [5.74, 6) is -0.0216. The number of aromatic amines is 1. The molecule has 10 nitrogen and oxygen atoms in total. The average molecular weight is 732 g/mol. The number of imidazole rings is 1. The van der Waals surface area contributed by atoms with Crippen molar-refractivity contribution >= 4 is 41.3 Å². The van der Waals surface area contributed by atoms with Gasteiger partial charge in [0.25, 0.3) is 5.91 Å². The number of rotatable bonds is 8. The van der Waals surface area contributed by atoms with Crippen molar-refractivity contribution in [1.29, 1.82) is 0 Å². The van der Waals surface area contributed by atoms with Gasteiger partial charge in [-0.25, -0.2) is 9.78 Å². The second-order valence-corrected chi connectivity index (χ2v) is 13.1. The highest BCUT2D eigenvalue weighted by atomic mass is 35.5. The smallest absolute Gasteiger partial charge is 0.336 e. The summed E-state index contributed by atoms with van der Waals surface area (Å²) >= 11 is 6.07. The molecule has 0 radical (unpaired) electrons. The number of carboxylic acid groups (broad SMARTS) is 1. The fourth-order valence-electron chi connectivity index (χ4n) is 6.49. The predicted molar refractivity (Wildman–Crippen MR) is 208 cm³/mol. The van der Waals surface area contributed by atoms with Gasteiger partial charge in [0.1, 0.15) is 23.1 Å². The fraction of sp³-hybridized carbons (Fsp3) is 0.0233. The van der Waals surface area contributed by atoms with E-state index in [4.69, 9.17) is 27.1 Å². The number of ether oxygens (including phenoxy) is 1. The summed E-state index contributed by atoms with van der Waals surface area (Å²) in [7, 11) is 0. The quantitative estimate of drug-likeness (QED) is 0.103. The van der Waals surface area contributed by atoms with E-state index >= 15 is 0 Å². The van der Waals surface area contributed by atoms with Crippen LogP contribution in [0.1, 0.15) is 37.4 Å². The van der Waals surface area contributed by atoms with Gasteiger partial charge in [0, 0.05) is 69.3 Å². The first-order valence-electron chi connectivity index (χ1n) is 16.8. The van der Waals surface area contributed by atoms with Crippen LogP contribution in [0.25, 0.3) is 46.1 Å². The Morgan fingerprint density at radius 1 is 0.833 bits per heavy atom. The van der Waals surface area contributed by atoms with Gasteiger partial charge in [0.15, 0.2) is 0 Å². The minimum Gasteiger partial charge on any atom is -0.506 e. The molecular weight excluding hydrogens is 702 g/mol.